The summed E-state index contributed by atoms with van der Waals surface area (Å²) in [5, 5.41) is 7.10. The van der Waals surface area contributed by atoms with E-state index in [2.05, 4.69) is 22.1 Å². The predicted molar refractivity (Wildman–Crippen MR) is 111 cm³/mol. The summed E-state index contributed by atoms with van der Waals surface area (Å²) in [7, 11) is 1.90. The summed E-state index contributed by atoms with van der Waals surface area (Å²) in [6.07, 6.45) is 5.13. The zero-order valence-electron chi connectivity index (χ0n) is 14.8. The van der Waals surface area contributed by atoms with E-state index in [1.54, 1.807) is 24.5 Å². The second-order valence-electron chi connectivity index (χ2n) is 5.69. The Hall–Kier alpha value is -2.92. The van der Waals surface area contributed by atoms with E-state index < -0.39 is 0 Å². The van der Waals surface area contributed by atoms with Crippen molar-refractivity contribution >= 4 is 35.4 Å². The van der Waals surface area contributed by atoms with E-state index in [1.165, 1.54) is 6.20 Å². The van der Waals surface area contributed by atoms with Crippen LogP contribution < -0.4 is 5.32 Å². The summed E-state index contributed by atoms with van der Waals surface area (Å²) in [6.45, 7) is 6.15. The molecular formula is C20H21ClN4O. The topological polar surface area (TPSA) is 57.1 Å². The van der Waals surface area contributed by atoms with Gasteiger partial charge in [0.05, 0.1) is 12.9 Å². The fourth-order valence-electron chi connectivity index (χ4n) is 2.37. The van der Waals surface area contributed by atoms with Gasteiger partial charge in [-0.1, -0.05) is 30.3 Å². The quantitative estimate of drug-likeness (QED) is 0.374. The molecule has 0 saturated heterocycles. The van der Waals surface area contributed by atoms with Gasteiger partial charge in [0, 0.05) is 29.7 Å². The minimum Gasteiger partial charge on any atom is -0.379 e. The Bertz CT molecular complexity index is 845. The molecule has 0 aliphatic heterocycles. The van der Waals surface area contributed by atoms with Gasteiger partial charge >= 0.3 is 0 Å². The molecule has 0 saturated carbocycles. The van der Waals surface area contributed by atoms with Crippen LogP contribution in [0.5, 0.6) is 0 Å². The lowest BCUT2D eigenvalue weighted by molar-refractivity contribution is 0.641. The Morgan fingerprint density at radius 3 is 2.81 bits per heavy atom. The number of nitrogens with one attached hydrogen (secondary N) is 1. The van der Waals surface area contributed by atoms with Crippen LogP contribution in [0.15, 0.2) is 71.1 Å². The van der Waals surface area contributed by atoms with Crippen molar-refractivity contribution in [3.8, 4) is 0 Å². The van der Waals surface area contributed by atoms with Crippen molar-refractivity contribution in [3.05, 3.63) is 82.0 Å². The molecule has 0 amide bonds. The Balaban J connectivity index is 2.27. The van der Waals surface area contributed by atoms with Crippen LogP contribution in [0, 0.1) is 11.8 Å². The van der Waals surface area contributed by atoms with Crippen LogP contribution in [0.25, 0.3) is 6.08 Å². The van der Waals surface area contributed by atoms with Crippen molar-refractivity contribution in [2.24, 2.45) is 10.2 Å². The number of benzene rings is 2. The van der Waals surface area contributed by atoms with Crippen LogP contribution >= 0.6 is 11.6 Å². The molecule has 134 valence electrons. The van der Waals surface area contributed by atoms with E-state index >= 15 is 0 Å². The van der Waals surface area contributed by atoms with Crippen molar-refractivity contribution in [1.29, 1.82) is 0 Å². The van der Waals surface area contributed by atoms with Crippen LogP contribution in [0.2, 0.25) is 5.02 Å². The molecule has 0 atom stereocenters. The molecule has 5 nitrogen and oxygen atoms in total. The van der Waals surface area contributed by atoms with Gasteiger partial charge in [-0.15, -0.1) is 4.91 Å². The van der Waals surface area contributed by atoms with Crippen LogP contribution in [-0.2, 0) is 0 Å². The van der Waals surface area contributed by atoms with E-state index in [0.29, 0.717) is 17.3 Å². The summed E-state index contributed by atoms with van der Waals surface area (Å²) in [4.78, 5) is 16.7. The average molecular weight is 369 g/mol. The SMILES string of the molecule is C=CN=CN(C)/C(=C\c1cccc(N=O)c1)CNc1ccc(Cl)cc1C. The van der Waals surface area contributed by atoms with E-state index in [9.17, 15) is 4.91 Å². The number of aliphatic imine (C=N–C) groups is 1. The van der Waals surface area contributed by atoms with E-state index in [0.717, 1.165) is 22.5 Å². The lowest BCUT2D eigenvalue weighted by atomic mass is 10.1. The van der Waals surface area contributed by atoms with Crippen molar-refractivity contribution in [2.75, 3.05) is 18.9 Å². The zero-order valence-corrected chi connectivity index (χ0v) is 15.6. The lowest BCUT2D eigenvalue weighted by Gasteiger charge is -2.20. The molecule has 0 spiro atoms. The maximum absolute atomic E-state index is 10.8. The first-order valence-corrected chi connectivity index (χ1v) is 8.42. The molecule has 0 heterocycles. The number of nitroso groups, excluding NO2 is 1. The van der Waals surface area contributed by atoms with Crippen molar-refractivity contribution in [3.63, 3.8) is 0 Å². The number of hydrogen-bond donors (Lipinski definition) is 1. The molecule has 0 aliphatic rings. The summed E-state index contributed by atoms with van der Waals surface area (Å²) >= 11 is 6.01. The second-order valence-corrected chi connectivity index (χ2v) is 6.13. The number of aryl methyl sites for hydroxylation is 1. The fraction of sp³-hybridized carbons (Fsp3) is 0.150. The third-order valence-corrected chi connectivity index (χ3v) is 3.99. The molecule has 2 aromatic rings. The first-order valence-electron chi connectivity index (χ1n) is 8.04. The first-order chi connectivity index (χ1) is 12.5. The van der Waals surface area contributed by atoms with Gasteiger partial charge in [0.2, 0.25) is 0 Å². The summed E-state index contributed by atoms with van der Waals surface area (Å²) in [6, 6.07) is 12.8. The molecular weight excluding hydrogens is 348 g/mol. The molecule has 6 heteroatoms. The number of halogens is 1. The molecule has 26 heavy (non-hydrogen) atoms. The monoisotopic (exact) mass is 368 g/mol. The van der Waals surface area contributed by atoms with E-state index in [1.807, 2.05) is 49.2 Å². The van der Waals surface area contributed by atoms with Gasteiger partial charge < -0.3 is 10.2 Å². The van der Waals surface area contributed by atoms with Gasteiger partial charge in [0.15, 0.2) is 0 Å². The Morgan fingerprint density at radius 1 is 1.31 bits per heavy atom. The minimum absolute atomic E-state index is 0.391. The fourth-order valence-corrected chi connectivity index (χ4v) is 2.60. The zero-order chi connectivity index (χ0) is 18.9. The van der Waals surface area contributed by atoms with Gasteiger partial charge in [-0.2, -0.15) is 0 Å². The van der Waals surface area contributed by atoms with Crippen molar-refractivity contribution < 1.29 is 0 Å². The van der Waals surface area contributed by atoms with E-state index in [-0.39, 0.29) is 0 Å². The van der Waals surface area contributed by atoms with E-state index in [4.69, 9.17) is 11.6 Å². The summed E-state index contributed by atoms with van der Waals surface area (Å²) in [5.41, 5.74) is 4.28. The number of likely N-dealkylation sites (N-methyl/N-ethyl adjacent to an activating group) is 1. The molecule has 2 rings (SSSR count). The molecule has 0 bridgehead atoms. The molecule has 0 unspecified atom stereocenters. The highest BCUT2D eigenvalue weighted by molar-refractivity contribution is 6.30. The smallest absolute Gasteiger partial charge is 0.108 e. The van der Waals surface area contributed by atoms with Gasteiger partial charge in [-0.3, -0.25) is 0 Å². The molecule has 0 aromatic heterocycles. The number of hydrogen-bond acceptors (Lipinski definition) is 4. The van der Waals surface area contributed by atoms with Crippen molar-refractivity contribution in [1.82, 2.24) is 4.90 Å². The average Bonchev–Trinajstić information content (AvgIpc) is 2.64. The van der Waals surface area contributed by atoms with Crippen LogP contribution in [0.3, 0.4) is 0 Å². The Morgan fingerprint density at radius 2 is 2.12 bits per heavy atom. The Kier molecular flexibility index (Phi) is 7.12. The van der Waals surface area contributed by atoms with Gasteiger partial charge in [0.25, 0.3) is 0 Å². The second kappa shape index (κ2) is 9.53. The number of anilines is 1. The highest BCUT2D eigenvalue weighted by Crippen LogP contribution is 2.21. The molecule has 0 radical (unpaired) electrons. The largest absolute Gasteiger partial charge is 0.379 e. The third kappa shape index (κ3) is 5.57. The number of rotatable bonds is 8. The van der Waals surface area contributed by atoms with Gasteiger partial charge in [-0.05, 0) is 59.6 Å². The molecule has 1 N–H and O–H groups in total. The molecule has 0 fully saturated rings. The minimum atomic E-state index is 0.391. The predicted octanol–water partition coefficient (Wildman–Crippen LogP) is 5.60. The summed E-state index contributed by atoms with van der Waals surface area (Å²) in [5.74, 6) is 0. The third-order valence-electron chi connectivity index (χ3n) is 3.76. The maximum Gasteiger partial charge on any atom is 0.108 e. The normalized spacial score (nSPS) is 11.4. The Labute approximate surface area is 158 Å². The van der Waals surface area contributed by atoms with Crippen LogP contribution in [0.4, 0.5) is 11.4 Å². The standard InChI is InChI=1S/C20H21ClN4O/c1-4-22-14-25(3)19(12-16-6-5-7-18(11-16)24-26)13-23-20-9-8-17(21)10-15(20)2/h4-12,14,23H,1,13H2,2-3H3/b19-12-,22-14?. The van der Waals surface area contributed by atoms with Crippen LogP contribution in [-0.4, -0.2) is 24.8 Å². The lowest BCUT2D eigenvalue weighted by Crippen LogP contribution is -2.21. The maximum atomic E-state index is 10.8. The molecule has 0 aliphatic carbocycles. The highest BCUT2D eigenvalue weighted by atomic mass is 35.5. The van der Waals surface area contributed by atoms with Gasteiger partial charge in [0.1, 0.15) is 5.69 Å². The van der Waals surface area contributed by atoms with Crippen molar-refractivity contribution in [2.45, 2.75) is 6.92 Å². The van der Waals surface area contributed by atoms with Gasteiger partial charge in [-0.25, -0.2) is 4.99 Å². The highest BCUT2D eigenvalue weighted by Gasteiger charge is 2.06. The number of nitrogens with zero attached hydrogens (tertiary/aromatic N) is 3. The molecule has 2 aromatic carbocycles. The van der Waals surface area contributed by atoms with Crippen LogP contribution in [0.1, 0.15) is 11.1 Å². The first kappa shape index (κ1) is 19.4. The summed E-state index contributed by atoms with van der Waals surface area (Å²) < 4.78 is 0.